The third kappa shape index (κ3) is 2.95. The van der Waals surface area contributed by atoms with E-state index in [0.29, 0.717) is 5.76 Å². The van der Waals surface area contributed by atoms with E-state index in [1.54, 1.807) is 18.2 Å². The Labute approximate surface area is 114 Å². The van der Waals surface area contributed by atoms with Crippen LogP contribution >= 0.6 is 0 Å². The molecule has 0 fully saturated rings. The second kappa shape index (κ2) is 6.17. The quantitative estimate of drug-likeness (QED) is 0.882. The molecule has 1 atom stereocenters. The van der Waals surface area contributed by atoms with Crippen LogP contribution in [0.25, 0.3) is 0 Å². The largest absolute Gasteiger partial charge is 0.467 e. The van der Waals surface area contributed by atoms with Crippen molar-refractivity contribution in [3.63, 3.8) is 0 Å². The van der Waals surface area contributed by atoms with Crippen molar-refractivity contribution in [1.82, 2.24) is 0 Å². The minimum Gasteiger partial charge on any atom is -0.467 e. The summed E-state index contributed by atoms with van der Waals surface area (Å²) in [4.78, 5) is 0. The van der Waals surface area contributed by atoms with Crippen LogP contribution in [0.3, 0.4) is 0 Å². The van der Waals surface area contributed by atoms with Crippen molar-refractivity contribution in [3.8, 4) is 6.07 Å². The molecule has 0 aliphatic heterocycles. The molecule has 20 heavy (non-hydrogen) atoms. The monoisotopic (exact) mass is 278 g/mol. The number of nitrogens with zero attached hydrogens (tertiary/aromatic N) is 1. The predicted molar refractivity (Wildman–Crippen MR) is 67.8 cm³/mol. The van der Waals surface area contributed by atoms with Crippen LogP contribution in [0, 0.1) is 23.0 Å². The van der Waals surface area contributed by atoms with Gasteiger partial charge in [-0.3, -0.25) is 0 Å². The number of aliphatic hydroxyl groups excluding tert-OH is 1. The summed E-state index contributed by atoms with van der Waals surface area (Å²) in [6.07, 6.45) is 1.67. The van der Waals surface area contributed by atoms with Crippen molar-refractivity contribution in [2.75, 3.05) is 11.9 Å². The Balaban J connectivity index is 2.30. The fourth-order valence-corrected chi connectivity index (χ4v) is 1.85. The summed E-state index contributed by atoms with van der Waals surface area (Å²) in [7, 11) is 0. The molecule has 0 bridgehead atoms. The molecular formula is C14H12F2N2O2. The van der Waals surface area contributed by atoms with Crippen LogP contribution in [0.2, 0.25) is 0 Å². The average Bonchev–Trinajstić information content (AvgIpc) is 2.95. The first-order chi connectivity index (χ1) is 9.65. The highest BCUT2D eigenvalue weighted by Gasteiger charge is 2.19. The van der Waals surface area contributed by atoms with Gasteiger partial charge in [0, 0.05) is 6.61 Å². The van der Waals surface area contributed by atoms with Gasteiger partial charge < -0.3 is 14.8 Å². The molecule has 0 radical (unpaired) electrons. The zero-order chi connectivity index (χ0) is 14.5. The Morgan fingerprint density at radius 2 is 2.05 bits per heavy atom. The molecule has 1 aromatic carbocycles. The SMILES string of the molecule is N#Cc1cc(F)c(NC(CCO)c2ccco2)c(F)c1. The first-order valence-corrected chi connectivity index (χ1v) is 5.95. The van der Waals surface area contributed by atoms with Crippen molar-refractivity contribution >= 4 is 5.69 Å². The van der Waals surface area contributed by atoms with E-state index in [1.165, 1.54) is 6.26 Å². The van der Waals surface area contributed by atoms with Gasteiger partial charge in [0.1, 0.15) is 11.4 Å². The third-order valence-electron chi connectivity index (χ3n) is 2.79. The fraction of sp³-hybridized carbons (Fsp3) is 0.214. The average molecular weight is 278 g/mol. The molecule has 0 spiro atoms. The topological polar surface area (TPSA) is 69.2 Å². The molecule has 0 amide bonds. The zero-order valence-corrected chi connectivity index (χ0v) is 10.4. The van der Waals surface area contributed by atoms with E-state index in [4.69, 9.17) is 14.8 Å². The molecule has 1 aromatic heterocycles. The summed E-state index contributed by atoms with van der Waals surface area (Å²) < 4.78 is 32.8. The maximum absolute atomic E-state index is 13.8. The van der Waals surface area contributed by atoms with Crippen molar-refractivity contribution in [2.45, 2.75) is 12.5 Å². The molecule has 0 saturated carbocycles. The lowest BCUT2D eigenvalue weighted by atomic mass is 10.1. The van der Waals surface area contributed by atoms with Gasteiger partial charge in [-0.2, -0.15) is 5.26 Å². The third-order valence-corrected chi connectivity index (χ3v) is 2.79. The van der Waals surface area contributed by atoms with E-state index >= 15 is 0 Å². The maximum Gasteiger partial charge on any atom is 0.150 e. The summed E-state index contributed by atoms with van der Waals surface area (Å²) in [6.45, 7) is -0.169. The van der Waals surface area contributed by atoms with Crippen molar-refractivity contribution < 1.29 is 18.3 Å². The number of furan rings is 1. The van der Waals surface area contributed by atoms with Crippen molar-refractivity contribution in [3.05, 3.63) is 53.5 Å². The smallest absolute Gasteiger partial charge is 0.150 e. The number of aliphatic hydroxyl groups is 1. The van der Waals surface area contributed by atoms with Gasteiger partial charge in [-0.1, -0.05) is 0 Å². The molecular weight excluding hydrogens is 266 g/mol. The standard InChI is InChI=1S/C14H12F2N2O2/c15-10-6-9(8-17)7-11(16)14(10)18-12(3-4-19)13-2-1-5-20-13/h1-2,5-7,12,18-19H,3-4H2. The summed E-state index contributed by atoms with van der Waals surface area (Å²) >= 11 is 0. The fourth-order valence-electron chi connectivity index (χ4n) is 1.85. The molecule has 2 N–H and O–H groups in total. The number of hydrogen-bond acceptors (Lipinski definition) is 4. The number of hydrogen-bond donors (Lipinski definition) is 2. The number of halogens is 2. The molecule has 2 rings (SSSR count). The second-order valence-electron chi connectivity index (χ2n) is 4.15. The van der Waals surface area contributed by atoms with Gasteiger partial charge in [0.2, 0.25) is 0 Å². The van der Waals surface area contributed by atoms with Crippen LogP contribution in [-0.2, 0) is 0 Å². The highest BCUT2D eigenvalue weighted by atomic mass is 19.1. The number of rotatable bonds is 5. The Morgan fingerprint density at radius 3 is 2.55 bits per heavy atom. The van der Waals surface area contributed by atoms with Crippen LogP contribution in [0.15, 0.2) is 34.9 Å². The molecule has 104 valence electrons. The maximum atomic E-state index is 13.8. The molecule has 0 aliphatic rings. The van der Waals surface area contributed by atoms with Crippen molar-refractivity contribution in [2.24, 2.45) is 0 Å². The molecule has 0 saturated heterocycles. The zero-order valence-electron chi connectivity index (χ0n) is 10.4. The Morgan fingerprint density at radius 1 is 1.35 bits per heavy atom. The summed E-state index contributed by atoms with van der Waals surface area (Å²) in [5.41, 5.74) is -0.443. The van der Waals surface area contributed by atoms with Crippen LogP contribution < -0.4 is 5.32 Å². The lowest BCUT2D eigenvalue weighted by Crippen LogP contribution is -2.14. The van der Waals surface area contributed by atoms with Gasteiger partial charge >= 0.3 is 0 Å². The van der Waals surface area contributed by atoms with E-state index in [9.17, 15) is 8.78 Å². The Hall–Kier alpha value is -2.39. The van der Waals surface area contributed by atoms with Gasteiger partial charge in [-0.25, -0.2) is 8.78 Å². The minimum absolute atomic E-state index is 0.0951. The van der Waals surface area contributed by atoms with Gasteiger partial charge in [0.05, 0.1) is 23.9 Å². The summed E-state index contributed by atoms with van der Waals surface area (Å²) in [5.74, 6) is -1.27. The van der Waals surface area contributed by atoms with Gasteiger partial charge in [0.25, 0.3) is 0 Å². The van der Waals surface area contributed by atoms with Crippen LogP contribution in [-0.4, -0.2) is 11.7 Å². The van der Waals surface area contributed by atoms with Crippen LogP contribution in [0.4, 0.5) is 14.5 Å². The number of nitrogens with one attached hydrogen (secondary N) is 1. The normalized spacial score (nSPS) is 11.9. The Kier molecular flexibility index (Phi) is 4.33. The van der Waals surface area contributed by atoms with Gasteiger partial charge in [-0.05, 0) is 30.7 Å². The van der Waals surface area contributed by atoms with Crippen LogP contribution in [0.5, 0.6) is 0 Å². The molecule has 2 aromatic rings. The highest BCUT2D eigenvalue weighted by molar-refractivity contribution is 5.51. The lowest BCUT2D eigenvalue weighted by molar-refractivity contribution is 0.273. The van der Waals surface area contributed by atoms with E-state index in [2.05, 4.69) is 5.32 Å². The minimum atomic E-state index is -0.865. The second-order valence-corrected chi connectivity index (χ2v) is 4.15. The van der Waals surface area contributed by atoms with Gasteiger partial charge in [0.15, 0.2) is 11.6 Å². The summed E-state index contributed by atoms with van der Waals surface area (Å²) in [6, 6.07) is 6.30. The highest BCUT2D eigenvalue weighted by Crippen LogP contribution is 2.27. The molecule has 0 aliphatic carbocycles. The molecule has 6 heteroatoms. The first-order valence-electron chi connectivity index (χ1n) is 5.95. The summed E-state index contributed by atoms with van der Waals surface area (Å²) in [5, 5.41) is 20.3. The van der Waals surface area contributed by atoms with E-state index in [0.717, 1.165) is 12.1 Å². The van der Waals surface area contributed by atoms with Gasteiger partial charge in [-0.15, -0.1) is 0 Å². The van der Waals surface area contributed by atoms with E-state index in [-0.39, 0.29) is 24.3 Å². The Bertz CT molecular complexity index is 598. The number of benzene rings is 1. The first kappa shape index (κ1) is 14.0. The van der Waals surface area contributed by atoms with E-state index < -0.39 is 17.7 Å². The molecule has 1 heterocycles. The molecule has 1 unspecified atom stereocenters. The predicted octanol–water partition coefficient (Wildman–Crippen LogP) is 2.97. The van der Waals surface area contributed by atoms with E-state index in [1.807, 2.05) is 0 Å². The van der Waals surface area contributed by atoms with Crippen molar-refractivity contribution in [1.29, 1.82) is 5.26 Å². The number of anilines is 1. The lowest BCUT2D eigenvalue weighted by Gasteiger charge is -2.18. The number of nitriles is 1. The molecule has 4 nitrogen and oxygen atoms in total. The van der Waals surface area contributed by atoms with Crippen LogP contribution in [0.1, 0.15) is 23.8 Å².